The summed E-state index contributed by atoms with van der Waals surface area (Å²) in [5.74, 6) is -2.43. The average Bonchev–Trinajstić information content (AvgIpc) is 2.71. The van der Waals surface area contributed by atoms with Crippen molar-refractivity contribution in [3.63, 3.8) is 0 Å². The molecule has 1 rings (SSSR count). The second kappa shape index (κ2) is 12.2. The lowest BCUT2D eigenvalue weighted by molar-refractivity contribution is -0.215. The van der Waals surface area contributed by atoms with E-state index in [0.717, 1.165) is 6.08 Å². The van der Waals surface area contributed by atoms with Gasteiger partial charge in [-0.1, -0.05) is 6.08 Å². The van der Waals surface area contributed by atoms with Crippen LogP contribution in [0.5, 0.6) is 0 Å². The predicted octanol–water partition coefficient (Wildman–Crippen LogP) is -3.29. The molecule has 0 aromatic carbocycles. The number of aliphatic hydroxyl groups excluding tert-OH is 3. The van der Waals surface area contributed by atoms with Gasteiger partial charge in [-0.2, -0.15) is 0 Å². The summed E-state index contributed by atoms with van der Waals surface area (Å²) in [5.41, 5.74) is 0. The van der Waals surface area contributed by atoms with Crippen LogP contribution in [0.3, 0.4) is 0 Å². The van der Waals surface area contributed by atoms with Crippen molar-refractivity contribution in [2.45, 2.75) is 56.8 Å². The van der Waals surface area contributed by atoms with E-state index in [-0.39, 0.29) is 19.5 Å². The lowest BCUT2D eigenvalue weighted by atomic mass is 9.94. The molecule has 1 aliphatic rings. The van der Waals surface area contributed by atoms with Crippen LogP contribution in [0.15, 0.2) is 12.2 Å². The van der Waals surface area contributed by atoms with Gasteiger partial charge in [0.25, 0.3) is 0 Å². The van der Waals surface area contributed by atoms with E-state index in [4.69, 9.17) is 4.74 Å². The number of ether oxygens (including phenoxy) is 2. The Hall–Kier alpha value is -2.54. The van der Waals surface area contributed by atoms with E-state index in [2.05, 4.69) is 20.7 Å². The standard InChI is InChI=1S/C18H29N3O9/c1-9(18(28)20-7-13(23)19-8-14(24)29-3)21-12(22)6-4-5-11-16(26)17(27)15(25)10(2)30-11/h4,6,9-11,15-17,25-27H,5,7-8H2,1-3H3,(H,19,23)(H,20,28)(H,21,22)/b6-4+/t9-,10-,11-,15+,16+,17+/m0/s1. The van der Waals surface area contributed by atoms with Gasteiger partial charge in [-0.15, -0.1) is 0 Å². The molecule has 170 valence electrons. The van der Waals surface area contributed by atoms with Crippen LogP contribution in [0.2, 0.25) is 0 Å². The largest absolute Gasteiger partial charge is 0.468 e. The molecule has 0 aromatic rings. The zero-order chi connectivity index (χ0) is 22.8. The molecule has 1 fully saturated rings. The van der Waals surface area contributed by atoms with Gasteiger partial charge in [0.15, 0.2) is 0 Å². The minimum absolute atomic E-state index is 0.101. The third-order valence-corrected chi connectivity index (χ3v) is 4.42. The van der Waals surface area contributed by atoms with Gasteiger partial charge in [-0.3, -0.25) is 19.2 Å². The molecule has 1 heterocycles. The number of carbonyl (C=O) groups is 4. The van der Waals surface area contributed by atoms with Gasteiger partial charge >= 0.3 is 5.97 Å². The molecule has 6 N–H and O–H groups in total. The molecule has 0 bridgehead atoms. The van der Waals surface area contributed by atoms with Gasteiger partial charge < -0.3 is 40.7 Å². The van der Waals surface area contributed by atoms with E-state index in [0.29, 0.717) is 0 Å². The fourth-order valence-electron chi connectivity index (χ4n) is 2.59. The second-order valence-electron chi connectivity index (χ2n) is 6.79. The van der Waals surface area contributed by atoms with Gasteiger partial charge in [-0.05, 0) is 26.3 Å². The molecule has 0 unspecified atom stereocenters. The van der Waals surface area contributed by atoms with Crippen molar-refractivity contribution in [3.05, 3.63) is 12.2 Å². The van der Waals surface area contributed by atoms with Crippen LogP contribution >= 0.6 is 0 Å². The van der Waals surface area contributed by atoms with E-state index in [1.807, 2.05) is 0 Å². The summed E-state index contributed by atoms with van der Waals surface area (Å²) in [6, 6.07) is -0.941. The molecule has 0 aromatic heterocycles. The topological polar surface area (TPSA) is 184 Å². The molecule has 6 atom stereocenters. The van der Waals surface area contributed by atoms with E-state index in [9.17, 15) is 34.5 Å². The van der Waals surface area contributed by atoms with E-state index < -0.39 is 60.3 Å². The summed E-state index contributed by atoms with van der Waals surface area (Å²) in [6.07, 6.45) is -2.69. The number of hydrogen-bond acceptors (Lipinski definition) is 9. The molecule has 0 spiro atoms. The van der Waals surface area contributed by atoms with Crippen LogP contribution < -0.4 is 16.0 Å². The Morgan fingerprint density at radius 1 is 1.07 bits per heavy atom. The normalized spacial score (nSPS) is 27.2. The zero-order valence-corrected chi connectivity index (χ0v) is 17.0. The number of carbonyl (C=O) groups excluding carboxylic acids is 4. The summed E-state index contributed by atoms with van der Waals surface area (Å²) in [4.78, 5) is 46.2. The Kier molecular flexibility index (Phi) is 10.4. The maximum Gasteiger partial charge on any atom is 0.325 e. The molecule has 0 saturated carbocycles. The Morgan fingerprint density at radius 2 is 1.73 bits per heavy atom. The predicted molar refractivity (Wildman–Crippen MR) is 102 cm³/mol. The number of esters is 1. The second-order valence-corrected chi connectivity index (χ2v) is 6.79. The van der Waals surface area contributed by atoms with Crippen LogP contribution in [0, 0.1) is 0 Å². The van der Waals surface area contributed by atoms with Crippen molar-refractivity contribution >= 4 is 23.7 Å². The van der Waals surface area contributed by atoms with Gasteiger partial charge in [0, 0.05) is 0 Å². The highest BCUT2D eigenvalue weighted by atomic mass is 16.5. The minimum atomic E-state index is -1.35. The maximum absolute atomic E-state index is 11.9. The quantitative estimate of drug-likeness (QED) is 0.161. The third kappa shape index (κ3) is 8.06. The fourth-order valence-corrected chi connectivity index (χ4v) is 2.59. The Bertz CT molecular complexity index is 655. The highest BCUT2D eigenvalue weighted by molar-refractivity contribution is 5.94. The van der Waals surface area contributed by atoms with Crippen LogP contribution in [0.25, 0.3) is 0 Å². The number of hydrogen-bond donors (Lipinski definition) is 6. The molecule has 12 heteroatoms. The average molecular weight is 431 g/mol. The first-order valence-corrected chi connectivity index (χ1v) is 9.34. The first kappa shape index (κ1) is 25.5. The van der Waals surface area contributed by atoms with Crippen LogP contribution in [-0.4, -0.2) is 95.8 Å². The number of amides is 3. The molecule has 0 aliphatic carbocycles. The smallest absolute Gasteiger partial charge is 0.325 e. The number of rotatable bonds is 9. The van der Waals surface area contributed by atoms with Gasteiger partial charge in [0.05, 0.1) is 25.9 Å². The lowest BCUT2D eigenvalue weighted by Gasteiger charge is -2.39. The monoisotopic (exact) mass is 431 g/mol. The highest BCUT2D eigenvalue weighted by Crippen LogP contribution is 2.23. The molecule has 1 saturated heterocycles. The van der Waals surface area contributed by atoms with Gasteiger partial charge in [0.1, 0.15) is 30.9 Å². The summed E-state index contributed by atoms with van der Waals surface area (Å²) < 4.78 is 9.76. The minimum Gasteiger partial charge on any atom is -0.468 e. The fraction of sp³-hybridized carbons (Fsp3) is 0.667. The van der Waals surface area contributed by atoms with Crippen molar-refractivity contribution in [2.24, 2.45) is 0 Å². The summed E-state index contributed by atoms with van der Waals surface area (Å²) in [7, 11) is 1.17. The maximum atomic E-state index is 11.9. The molecular formula is C18H29N3O9. The SMILES string of the molecule is COC(=O)CNC(=O)CNC(=O)[C@H](C)NC(=O)/C=C/C[C@@H]1O[C@@H](C)[C@@H](O)[C@@H](O)[C@@H]1O. The number of aliphatic hydroxyl groups is 3. The highest BCUT2D eigenvalue weighted by Gasteiger charge is 2.40. The van der Waals surface area contributed by atoms with E-state index >= 15 is 0 Å². The van der Waals surface area contributed by atoms with Crippen molar-refractivity contribution in [2.75, 3.05) is 20.2 Å². The molecule has 3 amide bonds. The third-order valence-electron chi connectivity index (χ3n) is 4.42. The first-order valence-electron chi connectivity index (χ1n) is 9.34. The van der Waals surface area contributed by atoms with Crippen LogP contribution in [0.4, 0.5) is 0 Å². The Balaban J connectivity index is 2.36. The van der Waals surface area contributed by atoms with Crippen molar-refractivity contribution in [3.8, 4) is 0 Å². The molecule has 30 heavy (non-hydrogen) atoms. The number of methoxy groups -OCH3 is 1. The van der Waals surface area contributed by atoms with Crippen molar-refractivity contribution in [1.29, 1.82) is 0 Å². The lowest BCUT2D eigenvalue weighted by Crippen LogP contribution is -2.56. The van der Waals surface area contributed by atoms with Crippen LogP contribution in [-0.2, 0) is 28.7 Å². The zero-order valence-electron chi connectivity index (χ0n) is 17.0. The van der Waals surface area contributed by atoms with E-state index in [1.54, 1.807) is 6.92 Å². The summed E-state index contributed by atoms with van der Waals surface area (Å²) >= 11 is 0. The summed E-state index contributed by atoms with van der Waals surface area (Å²) in [5, 5.41) is 36.3. The number of nitrogens with one attached hydrogen (secondary N) is 3. The molecular weight excluding hydrogens is 402 g/mol. The summed E-state index contributed by atoms with van der Waals surface area (Å²) in [6.45, 7) is 2.27. The Labute approximate surface area is 173 Å². The van der Waals surface area contributed by atoms with Crippen LogP contribution in [0.1, 0.15) is 20.3 Å². The van der Waals surface area contributed by atoms with Gasteiger partial charge in [-0.25, -0.2) is 0 Å². The molecule has 0 radical (unpaired) electrons. The first-order chi connectivity index (χ1) is 14.1. The molecule has 12 nitrogen and oxygen atoms in total. The van der Waals surface area contributed by atoms with Crippen molar-refractivity contribution in [1.82, 2.24) is 16.0 Å². The van der Waals surface area contributed by atoms with E-state index in [1.165, 1.54) is 20.1 Å². The Morgan fingerprint density at radius 3 is 2.37 bits per heavy atom. The van der Waals surface area contributed by atoms with Crippen molar-refractivity contribution < 1.29 is 44.0 Å². The van der Waals surface area contributed by atoms with Gasteiger partial charge in [0.2, 0.25) is 17.7 Å². The molecule has 1 aliphatic heterocycles.